The molecule has 0 fully saturated rings. The molecule has 1 N–H and O–H groups in total. The zero-order chi connectivity index (χ0) is 23.4. The minimum Gasteiger partial charge on any atom is -0.497 e. The Balaban J connectivity index is 1.63. The number of carbonyl (C=O) groups is 1. The van der Waals surface area contributed by atoms with Gasteiger partial charge in [-0.3, -0.25) is 18.7 Å². The molecule has 4 rings (SSSR count). The molecule has 1 amide bonds. The van der Waals surface area contributed by atoms with E-state index in [1.807, 2.05) is 36.4 Å². The van der Waals surface area contributed by atoms with Gasteiger partial charge < -0.3 is 14.8 Å². The van der Waals surface area contributed by atoms with E-state index in [0.29, 0.717) is 33.8 Å². The third-order valence-electron chi connectivity index (χ3n) is 5.28. The second-order valence-corrected chi connectivity index (χ2v) is 8.25. The van der Waals surface area contributed by atoms with E-state index in [-0.39, 0.29) is 24.6 Å². The van der Waals surface area contributed by atoms with Crippen LogP contribution in [0.1, 0.15) is 11.1 Å². The van der Waals surface area contributed by atoms with Gasteiger partial charge in [0.05, 0.1) is 26.3 Å². The summed E-state index contributed by atoms with van der Waals surface area (Å²) in [5.74, 6) is 0.939. The van der Waals surface area contributed by atoms with E-state index >= 15 is 0 Å². The molecular weight excluding hydrogens is 442 g/mol. The van der Waals surface area contributed by atoms with Crippen molar-refractivity contribution in [2.24, 2.45) is 0 Å². The fourth-order valence-corrected chi connectivity index (χ4v) is 4.46. The van der Waals surface area contributed by atoms with Crippen molar-refractivity contribution in [3.8, 4) is 11.5 Å². The summed E-state index contributed by atoms with van der Waals surface area (Å²) in [6.07, 6.45) is 0. The van der Waals surface area contributed by atoms with Crippen molar-refractivity contribution >= 4 is 27.5 Å². The predicted molar refractivity (Wildman–Crippen MR) is 127 cm³/mol. The smallest absolute Gasteiger partial charge is 0.332 e. The molecule has 2 aromatic heterocycles. The van der Waals surface area contributed by atoms with Crippen molar-refractivity contribution in [2.45, 2.75) is 19.6 Å². The Morgan fingerprint density at radius 3 is 2.61 bits per heavy atom. The number of benzene rings is 2. The average molecular weight is 466 g/mol. The molecule has 9 heteroatoms. The summed E-state index contributed by atoms with van der Waals surface area (Å²) in [6, 6.07) is 16.3. The Morgan fingerprint density at radius 1 is 1.00 bits per heavy atom. The molecule has 2 heterocycles. The second-order valence-electron chi connectivity index (χ2n) is 7.34. The number of aromatic nitrogens is 2. The average Bonchev–Trinajstić information content (AvgIpc) is 3.33. The minimum absolute atomic E-state index is 0.0426. The van der Waals surface area contributed by atoms with E-state index in [2.05, 4.69) is 5.32 Å². The molecule has 0 saturated heterocycles. The fourth-order valence-electron chi connectivity index (χ4n) is 3.61. The SMILES string of the molecule is COc1cccc(CNC(=O)Cn2c(=O)n(Cc3ccccc3OC)c(=O)c3sccc32)c1. The fraction of sp³-hybridized carbons (Fsp3) is 0.208. The third kappa shape index (κ3) is 4.68. The first-order valence-corrected chi connectivity index (χ1v) is 11.1. The Labute approximate surface area is 193 Å². The summed E-state index contributed by atoms with van der Waals surface area (Å²) >= 11 is 1.24. The van der Waals surface area contributed by atoms with Gasteiger partial charge in [-0.15, -0.1) is 11.3 Å². The number of nitrogens with one attached hydrogen (secondary N) is 1. The zero-order valence-corrected chi connectivity index (χ0v) is 19.1. The highest BCUT2D eigenvalue weighted by atomic mass is 32.1. The standard InChI is InChI=1S/C24H23N3O5S/c1-31-18-8-5-6-16(12-18)13-25-21(28)15-26-19-10-11-33-22(19)23(29)27(24(26)30)14-17-7-3-4-9-20(17)32-2/h3-12H,13-15H2,1-2H3,(H,25,28). The summed E-state index contributed by atoms with van der Waals surface area (Å²) in [5.41, 5.74) is 1.08. The predicted octanol–water partition coefficient (Wildman–Crippen LogP) is 2.61. The molecule has 8 nitrogen and oxygen atoms in total. The van der Waals surface area contributed by atoms with Gasteiger partial charge in [0.2, 0.25) is 5.91 Å². The van der Waals surface area contributed by atoms with E-state index in [1.165, 1.54) is 23.0 Å². The van der Waals surface area contributed by atoms with Crippen molar-refractivity contribution in [3.05, 3.63) is 91.9 Å². The van der Waals surface area contributed by atoms with Crippen LogP contribution in [0.15, 0.2) is 69.6 Å². The van der Waals surface area contributed by atoms with Crippen LogP contribution >= 0.6 is 11.3 Å². The summed E-state index contributed by atoms with van der Waals surface area (Å²) in [4.78, 5) is 39.0. The summed E-state index contributed by atoms with van der Waals surface area (Å²) < 4.78 is 13.5. The quantitative estimate of drug-likeness (QED) is 0.432. The zero-order valence-electron chi connectivity index (χ0n) is 18.2. The summed E-state index contributed by atoms with van der Waals surface area (Å²) in [7, 11) is 3.12. The molecular formula is C24H23N3O5S. The number of nitrogens with zero attached hydrogens (tertiary/aromatic N) is 2. The molecule has 0 atom stereocenters. The normalized spacial score (nSPS) is 10.8. The summed E-state index contributed by atoms with van der Waals surface area (Å²) in [5, 5.41) is 4.57. The van der Waals surface area contributed by atoms with Gasteiger partial charge in [0.25, 0.3) is 5.56 Å². The largest absolute Gasteiger partial charge is 0.497 e. The van der Waals surface area contributed by atoms with E-state index in [9.17, 15) is 14.4 Å². The van der Waals surface area contributed by atoms with Crippen molar-refractivity contribution < 1.29 is 14.3 Å². The number of thiophene rings is 1. The van der Waals surface area contributed by atoms with Gasteiger partial charge in [-0.1, -0.05) is 30.3 Å². The van der Waals surface area contributed by atoms with E-state index in [0.717, 1.165) is 10.1 Å². The molecule has 2 aromatic carbocycles. The number of para-hydroxylation sites is 1. The van der Waals surface area contributed by atoms with Crippen LogP contribution in [-0.4, -0.2) is 29.3 Å². The Hall–Kier alpha value is -3.85. The summed E-state index contributed by atoms with van der Waals surface area (Å²) in [6.45, 7) is 0.127. The van der Waals surface area contributed by atoms with Crippen LogP contribution in [-0.2, 0) is 24.4 Å². The Bertz CT molecular complexity index is 1420. The van der Waals surface area contributed by atoms with Crippen molar-refractivity contribution in [1.82, 2.24) is 14.5 Å². The lowest BCUT2D eigenvalue weighted by Crippen LogP contribution is -2.42. The number of fused-ring (bicyclic) bond motifs is 1. The number of carbonyl (C=O) groups excluding carboxylic acids is 1. The highest BCUT2D eigenvalue weighted by Gasteiger charge is 2.17. The monoisotopic (exact) mass is 465 g/mol. The van der Waals surface area contributed by atoms with Crippen LogP contribution in [0.2, 0.25) is 0 Å². The molecule has 0 radical (unpaired) electrons. The minimum atomic E-state index is -0.548. The second kappa shape index (κ2) is 9.74. The van der Waals surface area contributed by atoms with Gasteiger partial charge in [-0.25, -0.2) is 4.79 Å². The lowest BCUT2D eigenvalue weighted by Gasteiger charge is -2.14. The highest BCUT2D eigenvalue weighted by Crippen LogP contribution is 2.19. The molecule has 0 spiro atoms. The van der Waals surface area contributed by atoms with Crippen LogP contribution in [0.4, 0.5) is 0 Å². The van der Waals surface area contributed by atoms with Gasteiger partial charge in [-0.2, -0.15) is 0 Å². The van der Waals surface area contributed by atoms with Crippen molar-refractivity contribution in [2.75, 3.05) is 14.2 Å². The molecule has 0 aliphatic carbocycles. The van der Waals surface area contributed by atoms with Crippen molar-refractivity contribution in [3.63, 3.8) is 0 Å². The molecule has 0 unspecified atom stereocenters. The number of hydrogen-bond donors (Lipinski definition) is 1. The van der Waals surface area contributed by atoms with Gasteiger partial charge in [0.15, 0.2) is 0 Å². The van der Waals surface area contributed by atoms with Gasteiger partial charge in [-0.05, 0) is 35.2 Å². The molecule has 0 aliphatic heterocycles. The Morgan fingerprint density at radius 2 is 1.82 bits per heavy atom. The number of amides is 1. The number of ether oxygens (including phenoxy) is 2. The topological polar surface area (TPSA) is 91.6 Å². The van der Waals surface area contributed by atoms with Crippen LogP contribution in [0, 0.1) is 0 Å². The number of hydrogen-bond acceptors (Lipinski definition) is 6. The van der Waals surface area contributed by atoms with Gasteiger partial charge in [0.1, 0.15) is 22.7 Å². The maximum absolute atomic E-state index is 13.3. The molecule has 33 heavy (non-hydrogen) atoms. The molecule has 0 saturated carbocycles. The lowest BCUT2D eigenvalue weighted by molar-refractivity contribution is -0.121. The lowest BCUT2D eigenvalue weighted by atomic mass is 10.2. The first-order valence-electron chi connectivity index (χ1n) is 10.2. The highest BCUT2D eigenvalue weighted by molar-refractivity contribution is 7.17. The Kier molecular flexibility index (Phi) is 6.60. The maximum atomic E-state index is 13.3. The van der Waals surface area contributed by atoms with Gasteiger partial charge in [0, 0.05) is 12.1 Å². The maximum Gasteiger partial charge on any atom is 0.332 e. The number of rotatable bonds is 8. The molecule has 0 aliphatic rings. The van der Waals surface area contributed by atoms with E-state index in [1.54, 1.807) is 30.7 Å². The van der Waals surface area contributed by atoms with E-state index < -0.39 is 5.69 Å². The van der Waals surface area contributed by atoms with E-state index in [4.69, 9.17) is 9.47 Å². The number of methoxy groups -OCH3 is 2. The first kappa shape index (κ1) is 22.3. The van der Waals surface area contributed by atoms with Crippen molar-refractivity contribution in [1.29, 1.82) is 0 Å². The van der Waals surface area contributed by atoms with Crippen LogP contribution in [0.25, 0.3) is 10.2 Å². The van der Waals surface area contributed by atoms with Crippen LogP contribution in [0.5, 0.6) is 11.5 Å². The van der Waals surface area contributed by atoms with Crippen LogP contribution < -0.4 is 26.0 Å². The van der Waals surface area contributed by atoms with Crippen LogP contribution in [0.3, 0.4) is 0 Å². The molecule has 4 aromatic rings. The van der Waals surface area contributed by atoms with Gasteiger partial charge >= 0.3 is 5.69 Å². The molecule has 170 valence electrons. The first-order chi connectivity index (χ1) is 16.0. The molecule has 0 bridgehead atoms. The third-order valence-corrected chi connectivity index (χ3v) is 6.17.